The SMILES string of the molecule is CN=C(NCCC1CCCC(C)C1)NCCN1CCS(=O)(=O)CC1. The average Bonchev–Trinajstić information content (AvgIpc) is 2.55. The van der Waals surface area contributed by atoms with Crippen LogP contribution in [0.5, 0.6) is 0 Å². The molecule has 140 valence electrons. The first-order chi connectivity index (χ1) is 11.5. The zero-order valence-corrected chi connectivity index (χ0v) is 16.1. The van der Waals surface area contributed by atoms with Gasteiger partial charge < -0.3 is 10.6 Å². The molecule has 0 amide bonds. The maximum Gasteiger partial charge on any atom is 0.191 e. The second kappa shape index (κ2) is 9.61. The quantitative estimate of drug-likeness (QED) is 0.549. The topological polar surface area (TPSA) is 73.8 Å². The van der Waals surface area contributed by atoms with Gasteiger partial charge in [0.1, 0.15) is 0 Å². The minimum Gasteiger partial charge on any atom is -0.356 e. The average molecular weight is 359 g/mol. The van der Waals surface area contributed by atoms with E-state index >= 15 is 0 Å². The highest BCUT2D eigenvalue weighted by Gasteiger charge is 2.21. The Morgan fingerprint density at radius 2 is 1.88 bits per heavy atom. The van der Waals surface area contributed by atoms with E-state index in [-0.39, 0.29) is 0 Å². The van der Waals surface area contributed by atoms with E-state index in [0.717, 1.165) is 37.4 Å². The fourth-order valence-electron chi connectivity index (χ4n) is 3.74. The van der Waals surface area contributed by atoms with Crippen LogP contribution in [-0.2, 0) is 9.84 Å². The molecule has 0 aromatic carbocycles. The molecule has 1 aliphatic heterocycles. The van der Waals surface area contributed by atoms with E-state index in [9.17, 15) is 8.42 Å². The van der Waals surface area contributed by atoms with Crippen LogP contribution < -0.4 is 10.6 Å². The summed E-state index contributed by atoms with van der Waals surface area (Å²) in [5, 5.41) is 6.74. The number of hydrogen-bond acceptors (Lipinski definition) is 4. The molecule has 2 fully saturated rings. The third-order valence-corrected chi connectivity index (χ3v) is 6.88. The van der Waals surface area contributed by atoms with Crippen LogP contribution in [0.15, 0.2) is 4.99 Å². The molecule has 2 rings (SSSR count). The molecule has 6 nitrogen and oxygen atoms in total. The monoisotopic (exact) mass is 358 g/mol. The van der Waals surface area contributed by atoms with E-state index in [2.05, 4.69) is 27.4 Å². The summed E-state index contributed by atoms with van der Waals surface area (Å²) >= 11 is 0. The van der Waals surface area contributed by atoms with Gasteiger partial charge in [0.15, 0.2) is 15.8 Å². The molecule has 2 N–H and O–H groups in total. The Morgan fingerprint density at radius 3 is 2.54 bits per heavy atom. The third-order valence-electron chi connectivity index (χ3n) is 5.27. The van der Waals surface area contributed by atoms with Gasteiger partial charge in [0, 0.05) is 39.8 Å². The van der Waals surface area contributed by atoms with Crippen LogP contribution in [0.25, 0.3) is 0 Å². The second-order valence-electron chi connectivity index (χ2n) is 7.35. The van der Waals surface area contributed by atoms with Crippen molar-refractivity contribution >= 4 is 15.8 Å². The second-order valence-corrected chi connectivity index (χ2v) is 9.65. The molecular formula is C17H34N4O2S. The minimum absolute atomic E-state index is 0.291. The van der Waals surface area contributed by atoms with Gasteiger partial charge in [-0.05, 0) is 24.7 Å². The largest absolute Gasteiger partial charge is 0.356 e. The first-order valence-electron chi connectivity index (χ1n) is 9.36. The van der Waals surface area contributed by atoms with Crippen LogP contribution in [0.4, 0.5) is 0 Å². The molecule has 0 bridgehead atoms. The molecule has 2 atom stereocenters. The first-order valence-corrected chi connectivity index (χ1v) is 11.2. The van der Waals surface area contributed by atoms with Crippen LogP contribution in [0.3, 0.4) is 0 Å². The van der Waals surface area contributed by atoms with Gasteiger partial charge in [-0.2, -0.15) is 0 Å². The highest BCUT2D eigenvalue weighted by molar-refractivity contribution is 7.91. The molecule has 7 heteroatoms. The van der Waals surface area contributed by atoms with Crippen LogP contribution in [-0.4, -0.2) is 70.6 Å². The van der Waals surface area contributed by atoms with Crippen LogP contribution in [0.2, 0.25) is 0 Å². The zero-order chi connectivity index (χ0) is 17.4. The number of hydrogen-bond donors (Lipinski definition) is 2. The Balaban J connectivity index is 1.57. The van der Waals surface area contributed by atoms with E-state index in [4.69, 9.17) is 0 Å². The fourth-order valence-corrected chi connectivity index (χ4v) is 5.02. The van der Waals surface area contributed by atoms with Crippen molar-refractivity contribution in [2.45, 2.75) is 39.0 Å². The highest BCUT2D eigenvalue weighted by Crippen LogP contribution is 2.30. The number of sulfone groups is 1. The van der Waals surface area contributed by atoms with Crippen LogP contribution >= 0.6 is 0 Å². The maximum absolute atomic E-state index is 11.4. The number of rotatable bonds is 6. The Bertz CT molecular complexity index is 493. The number of nitrogens with zero attached hydrogens (tertiary/aromatic N) is 2. The summed E-state index contributed by atoms with van der Waals surface area (Å²) in [7, 11) is -0.990. The van der Waals surface area contributed by atoms with Gasteiger partial charge in [-0.15, -0.1) is 0 Å². The molecule has 0 radical (unpaired) electrons. The number of guanidine groups is 1. The van der Waals surface area contributed by atoms with Crippen molar-refractivity contribution in [3.63, 3.8) is 0 Å². The Labute approximate surface area is 147 Å². The summed E-state index contributed by atoms with van der Waals surface area (Å²) in [6, 6.07) is 0. The van der Waals surface area contributed by atoms with E-state index < -0.39 is 9.84 Å². The third kappa shape index (κ3) is 6.97. The van der Waals surface area contributed by atoms with Gasteiger partial charge in [0.25, 0.3) is 0 Å². The molecule has 0 aromatic heterocycles. The molecule has 0 spiro atoms. The smallest absolute Gasteiger partial charge is 0.191 e. The summed E-state index contributed by atoms with van der Waals surface area (Å²) in [6.07, 6.45) is 6.73. The predicted molar refractivity (Wildman–Crippen MR) is 100 cm³/mol. The summed E-state index contributed by atoms with van der Waals surface area (Å²) in [4.78, 5) is 6.47. The van der Waals surface area contributed by atoms with Crippen LogP contribution in [0.1, 0.15) is 39.0 Å². The predicted octanol–water partition coefficient (Wildman–Crippen LogP) is 1.10. The lowest BCUT2D eigenvalue weighted by molar-refractivity contribution is 0.270. The van der Waals surface area contributed by atoms with Crippen molar-refractivity contribution in [2.24, 2.45) is 16.8 Å². The van der Waals surface area contributed by atoms with Crippen LogP contribution in [0, 0.1) is 11.8 Å². The van der Waals surface area contributed by atoms with Crippen molar-refractivity contribution in [3.8, 4) is 0 Å². The lowest BCUT2D eigenvalue weighted by Crippen LogP contribution is -2.46. The van der Waals surface area contributed by atoms with Gasteiger partial charge in [0.05, 0.1) is 11.5 Å². The summed E-state index contributed by atoms with van der Waals surface area (Å²) in [5.41, 5.74) is 0. The fraction of sp³-hybridized carbons (Fsp3) is 0.941. The summed E-state index contributed by atoms with van der Waals surface area (Å²) in [6.45, 7) is 6.29. The molecule has 0 aromatic rings. The Kier molecular flexibility index (Phi) is 7.81. The molecule has 2 unspecified atom stereocenters. The number of aliphatic imine (C=N–C) groups is 1. The van der Waals surface area contributed by atoms with Crippen molar-refractivity contribution < 1.29 is 8.42 Å². The van der Waals surface area contributed by atoms with Gasteiger partial charge in [-0.25, -0.2) is 8.42 Å². The lowest BCUT2D eigenvalue weighted by atomic mass is 9.81. The van der Waals surface area contributed by atoms with E-state index in [0.29, 0.717) is 24.6 Å². The standard InChI is InChI=1S/C17H34N4O2S/c1-15-4-3-5-16(14-15)6-7-19-17(18-2)20-8-9-21-10-12-24(22,23)13-11-21/h15-16H,3-14H2,1-2H3,(H2,18,19,20). The van der Waals surface area contributed by atoms with Crippen molar-refractivity contribution in [1.82, 2.24) is 15.5 Å². The van der Waals surface area contributed by atoms with Gasteiger partial charge in [-0.1, -0.05) is 26.2 Å². The Hall–Kier alpha value is -0.820. The van der Waals surface area contributed by atoms with E-state index in [1.165, 1.54) is 32.1 Å². The van der Waals surface area contributed by atoms with Gasteiger partial charge >= 0.3 is 0 Å². The molecule has 2 aliphatic rings. The highest BCUT2D eigenvalue weighted by atomic mass is 32.2. The first kappa shape index (κ1) is 19.5. The zero-order valence-electron chi connectivity index (χ0n) is 15.3. The normalized spacial score (nSPS) is 28.5. The van der Waals surface area contributed by atoms with E-state index in [1.54, 1.807) is 7.05 Å². The molecule has 1 saturated carbocycles. The summed E-state index contributed by atoms with van der Waals surface area (Å²) < 4.78 is 22.8. The molecular weight excluding hydrogens is 324 g/mol. The van der Waals surface area contributed by atoms with E-state index in [1.807, 2.05) is 0 Å². The van der Waals surface area contributed by atoms with Gasteiger partial charge in [0.2, 0.25) is 0 Å². The molecule has 24 heavy (non-hydrogen) atoms. The summed E-state index contributed by atoms with van der Waals surface area (Å²) in [5.74, 6) is 3.17. The number of nitrogens with one attached hydrogen (secondary N) is 2. The van der Waals surface area contributed by atoms with Crippen molar-refractivity contribution in [2.75, 3.05) is 51.3 Å². The van der Waals surface area contributed by atoms with Crippen molar-refractivity contribution in [3.05, 3.63) is 0 Å². The lowest BCUT2D eigenvalue weighted by Gasteiger charge is -2.27. The van der Waals surface area contributed by atoms with Gasteiger partial charge in [-0.3, -0.25) is 9.89 Å². The van der Waals surface area contributed by atoms with Crippen molar-refractivity contribution in [1.29, 1.82) is 0 Å². The minimum atomic E-state index is -2.79. The maximum atomic E-state index is 11.4. The molecule has 1 heterocycles. The molecule has 1 aliphatic carbocycles. The molecule has 1 saturated heterocycles. The Morgan fingerprint density at radius 1 is 1.17 bits per heavy atom.